The molecule has 1 atom stereocenters. The van der Waals surface area contributed by atoms with Gasteiger partial charge in [0.2, 0.25) is 0 Å². The van der Waals surface area contributed by atoms with Crippen LogP contribution in [0, 0.1) is 0 Å². The molecule has 0 rings (SSSR count). The van der Waals surface area contributed by atoms with Gasteiger partial charge in [-0.15, -0.1) is 0 Å². The molecule has 0 aromatic heterocycles. The van der Waals surface area contributed by atoms with E-state index in [9.17, 15) is 0 Å². The Morgan fingerprint density at radius 1 is 1.55 bits per heavy atom. The third-order valence-corrected chi connectivity index (χ3v) is 1.45. The first-order chi connectivity index (χ1) is 5.31. The summed E-state index contributed by atoms with van der Waals surface area (Å²) < 4.78 is 5.23. The van der Waals surface area contributed by atoms with Crippen molar-refractivity contribution in [3.05, 3.63) is 0 Å². The molecule has 0 spiro atoms. The van der Waals surface area contributed by atoms with Crippen molar-refractivity contribution in [3.63, 3.8) is 0 Å². The maximum atomic E-state index is 5.34. The second kappa shape index (κ2) is 7.98. The van der Waals surface area contributed by atoms with E-state index in [0.717, 1.165) is 32.7 Å². The molecule has 3 heteroatoms. The van der Waals surface area contributed by atoms with Crippen molar-refractivity contribution in [1.82, 2.24) is 5.32 Å². The highest BCUT2D eigenvalue weighted by molar-refractivity contribution is 4.58. The highest BCUT2D eigenvalue weighted by atomic mass is 16.5. The maximum Gasteiger partial charge on any atom is 0.0616 e. The lowest BCUT2D eigenvalue weighted by molar-refractivity contribution is 0.127. The van der Waals surface area contributed by atoms with Gasteiger partial charge in [0.15, 0.2) is 0 Å². The van der Waals surface area contributed by atoms with Crippen LogP contribution in [0.3, 0.4) is 0 Å². The summed E-state index contributed by atoms with van der Waals surface area (Å²) in [4.78, 5) is 0. The first-order valence-corrected chi connectivity index (χ1v) is 4.32. The van der Waals surface area contributed by atoms with Crippen molar-refractivity contribution in [2.75, 3.05) is 26.3 Å². The van der Waals surface area contributed by atoms with Gasteiger partial charge in [-0.1, -0.05) is 0 Å². The molecule has 0 aliphatic heterocycles. The average molecular weight is 160 g/mol. The molecule has 3 N–H and O–H groups in total. The normalized spacial score (nSPS) is 13.4. The number of nitrogens with one attached hydrogen (secondary N) is 1. The Bertz CT molecular complexity index is 78.5. The largest absolute Gasteiger partial charge is 0.380 e. The quantitative estimate of drug-likeness (QED) is 0.528. The fourth-order valence-corrected chi connectivity index (χ4v) is 0.804. The topological polar surface area (TPSA) is 47.3 Å². The molecule has 0 aromatic carbocycles. The lowest BCUT2D eigenvalue weighted by atomic mass is 10.3. The fraction of sp³-hybridized carbons (Fsp3) is 1.00. The van der Waals surface area contributed by atoms with Crippen LogP contribution in [0.25, 0.3) is 0 Å². The van der Waals surface area contributed by atoms with E-state index in [0.29, 0.717) is 6.04 Å². The Morgan fingerprint density at radius 2 is 2.27 bits per heavy atom. The third-order valence-electron chi connectivity index (χ3n) is 1.45. The van der Waals surface area contributed by atoms with E-state index < -0.39 is 0 Å². The minimum absolute atomic E-state index is 0.446. The van der Waals surface area contributed by atoms with Crippen molar-refractivity contribution in [2.24, 2.45) is 5.73 Å². The van der Waals surface area contributed by atoms with Crippen molar-refractivity contribution < 1.29 is 4.74 Å². The number of rotatable bonds is 7. The molecule has 0 aliphatic rings. The molecule has 0 fully saturated rings. The molecule has 0 saturated carbocycles. The zero-order valence-corrected chi connectivity index (χ0v) is 7.60. The molecular weight excluding hydrogens is 140 g/mol. The van der Waals surface area contributed by atoms with E-state index in [2.05, 4.69) is 12.2 Å². The minimum Gasteiger partial charge on any atom is -0.380 e. The molecule has 68 valence electrons. The smallest absolute Gasteiger partial charge is 0.0616 e. The molecule has 1 unspecified atom stereocenters. The van der Waals surface area contributed by atoms with Gasteiger partial charge in [-0.2, -0.15) is 0 Å². The fourth-order valence-electron chi connectivity index (χ4n) is 0.804. The summed E-state index contributed by atoms with van der Waals surface area (Å²) in [5.74, 6) is 0. The molecule has 3 nitrogen and oxygen atoms in total. The average Bonchev–Trinajstić information content (AvgIpc) is 2.01. The summed E-state index contributed by atoms with van der Waals surface area (Å²) in [6.07, 6.45) is 1.04. The van der Waals surface area contributed by atoms with E-state index in [-0.39, 0.29) is 0 Å². The Hall–Kier alpha value is -0.120. The van der Waals surface area contributed by atoms with Gasteiger partial charge in [0, 0.05) is 12.6 Å². The second-order valence-electron chi connectivity index (χ2n) is 2.66. The van der Waals surface area contributed by atoms with Crippen molar-refractivity contribution in [2.45, 2.75) is 26.3 Å². The van der Waals surface area contributed by atoms with Gasteiger partial charge in [0.1, 0.15) is 0 Å². The van der Waals surface area contributed by atoms with Crippen LogP contribution >= 0.6 is 0 Å². The standard InChI is InChI=1S/C8H20N2O/c1-3-11-7-8(2)10-6-4-5-9/h8,10H,3-7,9H2,1-2H3. The molecular formula is C8H20N2O. The van der Waals surface area contributed by atoms with Crippen LogP contribution in [0.2, 0.25) is 0 Å². The predicted molar refractivity (Wildman–Crippen MR) is 47.6 cm³/mol. The summed E-state index contributed by atoms with van der Waals surface area (Å²) in [5, 5.41) is 3.31. The van der Waals surface area contributed by atoms with Gasteiger partial charge >= 0.3 is 0 Å². The molecule has 11 heavy (non-hydrogen) atoms. The number of ether oxygens (including phenoxy) is 1. The number of hydrogen-bond acceptors (Lipinski definition) is 3. The summed E-state index contributed by atoms with van der Waals surface area (Å²) in [6, 6.07) is 0.446. The van der Waals surface area contributed by atoms with Crippen LogP contribution < -0.4 is 11.1 Å². The molecule has 0 aliphatic carbocycles. The van der Waals surface area contributed by atoms with Gasteiger partial charge < -0.3 is 15.8 Å². The summed E-state index contributed by atoms with van der Waals surface area (Å²) in [6.45, 7) is 7.46. The monoisotopic (exact) mass is 160 g/mol. The summed E-state index contributed by atoms with van der Waals surface area (Å²) >= 11 is 0. The van der Waals surface area contributed by atoms with Crippen molar-refractivity contribution in [3.8, 4) is 0 Å². The molecule has 0 amide bonds. The SMILES string of the molecule is CCOCC(C)NCCCN. The second-order valence-corrected chi connectivity index (χ2v) is 2.66. The van der Waals surface area contributed by atoms with Crippen molar-refractivity contribution in [1.29, 1.82) is 0 Å². The first kappa shape index (κ1) is 10.9. The lowest BCUT2D eigenvalue weighted by Gasteiger charge is -2.12. The zero-order valence-electron chi connectivity index (χ0n) is 7.60. The van der Waals surface area contributed by atoms with Gasteiger partial charge in [0.25, 0.3) is 0 Å². The van der Waals surface area contributed by atoms with E-state index in [1.54, 1.807) is 0 Å². The summed E-state index contributed by atoms with van der Waals surface area (Å²) in [7, 11) is 0. The van der Waals surface area contributed by atoms with Crippen LogP contribution in [0.4, 0.5) is 0 Å². The van der Waals surface area contributed by atoms with Crippen LogP contribution in [-0.2, 0) is 4.74 Å². The predicted octanol–water partition coefficient (Wildman–Crippen LogP) is 0.350. The Morgan fingerprint density at radius 3 is 2.82 bits per heavy atom. The molecule has 0 aromatic rings. The molecule has 0 heterocycles. The van der Waals surface area contributed by atoms with E-state index in [1.807, 2.05) is 6.92 Å². The zero-order chi connectivity index (χ0) is 8.53. The maximum absolute atomic E-state index is 5.34. The summed E-state index contributed by atoms with van der Waals surface area (Å²) in [5.41, 5.74) is 5.34. The van der Waals surface area contributed by atoms with Crippen LogP contribution in [0.5, 0.6) is 0 Å². The minimum atomic E-state index is 0.446. The van der Waals surface area contributed by atoms with E-state index in [4.69, 9.17) is 10.5 Å². The number of nitrogens with two attached hydrogens (primary N) is 1. The Labute approximate surface area is 69.3 Å². The van der Waals surface area contributed by atoms with E-state index in [1.165, 1.54) is 0 Å². The van der Waals surface area contributed by atoms with E-state index >= 15 is 0 Å². The van der Waals surface area contributed by atoms with Gasteiger partial charge in [0.05, 0.1) is 6.61 Å². The lowest BCUT2D eigenvalue weighted by Crippen LogP contribution is -2.32. The number of hydrogen-bond donors (Lipinski definition) is 2. The molecule has 0 bridgehead atoms. The van der Waals surface area contributed by atoms with Gasteiger partial charge in [-0.25, -0.2) is 0 Å². The Kier molecular flexibility index (Phi) is 7.89. The Balaban J connectivity index is 3.02. The van der Waals surface area contributed by atoms with Crippen LogP contribution in [0.15, 0.2) is 0 Å². The van der Waals surface area contributed by atoms with Gasteiger partial charge in [-0.3, -0.25) is 0 Å². The third kappa shape index (κ3) is 7.78. The van der Waals surface area contributed by atoms with Gasteiger partial charge in [-0.05, 0) is 33.4 Å². The van der Waals surface area contributed by atoms with Crippen LogP contribution in [0.1, 0.15) is 20.3 Å². The highest BCUT2D eigenvalue weighted by Crippen LogP contribution is 1.84. The highest BCUT2D eigenvalue weighted by Gasteiger charge is 1.98. The first-order valence-electron chi connectivity index (χ1n) is 4.32. The van der Waals surface area contributed by atoms with Crippen molar-refractivity contribution >= 4 is 0 Å². The molecule has 0 saturated heterocycles. The van der Waals surface area contributed by atoms with Crippen LogP contribution in [-0.4, -0.2) is 32.3 Å². The molecule has 0 radical (unpaired) electrons.